The topological polar surface area (TPSA) is 20.3 Å². The molecule has 2 nitrogen and oxygen atoms in total. The molecule has 0 amide bonds. The Bertz CT molecular complexity index is 195. The van der Waals surface area contributed by atoms with Crippen molar-refractivity contribution < 1.29 is 4.79 Å². The molecule has 0 aromatic carbocycles. The van der Waals surface area contributed by atoms with Crippen LogP contribution in [0.15, 0.2) is 0 Å². The highest BCUT2D eigenvalue weighted by atomic mass is 32.2. The van der Waals surface area contributed by atoms with Gasteiger partial charge in [-0.25, -0.2) is 0 Å². The third-order valence-corrected chi connectivity index (χ3v) is 4.24. The van der Waals surface area contributed by atoms with Gasteiger partial charge >= 0.3 is 0 Å². The van der Waals surface area contributed by atoms with Crippen molar-refractivity contribution in [3.05, 3.63) is 0 Å². The lowest BCUT2D eigenvalue weighted by Crippen LogP contribution is -2.38. The molecule has 0 radical (unpaired) electrons. The van der Waals surface area contributed by atoms with Gasteiger partial charge in [0.2, 0.25) is 0 Å². The summed E-state index contributed by atoms with van der Waals surface area (Å²) >= 11 is 2.01. The standard InChI is InChI=1S/C11H19NOS/c13-11(10-3-1-2-4-10)9-12-5-7-14-8-6-12/h10H,1-9H2. The molecule has 14 heavy (non-hydrogen) atoms. The summed E-state index contributed by atoms with van der Waals surface area (Å²) in [4.78, 5) is 14.2. The van der Waals surface area contributed by atoms with Crippen molar-refractivity contribution in [2.75, 3.05) is 31.1 Å². The van der Waals surface area contributed by atoms with E-state index >= 15 is 0 Å². The third kappa shape index (κ3) is 2.74. The summed E-state index contributed by atoms with van der Waals surface area (Å²) < 4.78 is 0. The maximum Gasteiger partial charge on any atom is 0.149 e. The van der Waals surface area contributed by atoms with Gasteiger partial charge in [0.05, 0.1) is 6.54 Å². The van der Waals surface area contributed by atoms with E-state index in [9.17, 15) is 4.79 Å². The molecule has 0 spiro atoms. The lowest BCUT2D eigenvalue weighted by Gasteiger charge is -2.26. The van der Waals surface area contributed by atoms with Gasteiger partial charge in [-0.3, -0.25) is 9.69 Å². The van der Waals surface area contributed by atoms with Crippen LogP contribution in [0.4, 0.5) is 0 Å². The van der Waals surface area contributed by atoms with Crippen molar-refractivity contribution >= 4 is 17.5 Å². The number of ketones is 1. The average molecular weight is 213 g/mol. The van der Waals surface area contributed by atoms with Gasteiger partial charge < -0.3 is 0 Å². The fourth-order valence-corrected chi connectivity index (χ4v) is 3.34. The molecule has 0 N–H and O–H groups in total. The maximum atomic E-state index is 11.9. The second-order valence-electron chi connectivity index (χ2n) is 4.34. The Kier molecular flexibility index (Phi) is 3.88. The van der Waals surface area contributed by atoms with Crippen LogP contribution < -0.4 is 0 Å². The van der Waals surface area contributed by atoms with Crippen molar-refractivity contribution in [2.24, 2.45) is 5.92 Å². The number of hydrogen-bond acceptors (Lipinski definition) is 3. The summed E-state index contributed by atoms with van der Waals surface area (Å²) in [6.45, 7) is 2.96. The summed E-state index contributed by atoms with van der Waals surface area (Å²) in [6.07, 6.45) is 4.85. The molecule has 0 aromatic heterocycles. The predicted molar refractivity (Wildman–Crippen MR) is 60.7 cm³/mol. The second-order valence-corrected chi connectivity index (χ2v) is 5.56. The maximum absolute atomic E-state index is 11.9. The van der Waals surface area contributed by atoms with E-state index in [1.165, 1.54) is 24.3 Å². The minimum Gasteiger partial charge on any atom is -0.298 e. The molecule has 80 valence electrons. The van der Waals surface area contributed by atoms with Gasteiger partial charge in [0.25, 0.3) is 0 Å². The van der Waals surface area contributed by atoms with Crippen LogP contribution in [0.2, 0.25) is 0 Å². The van der Waals surface area contributed by atoms with E-state index in [4.69, 9.17) is 0 Å². The van der Waals surface area contributed by atoms with Crippen LogP contribution in [0.1, 0.15) is 25.7 Å². The fraction of sp³-hybridized carbons (Fsp3) is 0.909. The Morgan fingerprint density at radius 2 is 1.86 bits per heavy atom. The first kappa shape index (κ1) is 10.5. The minimum atomic E-state index is 0.407. The molecule has 1 saturated heterocycles. The molecule has 1 aliphatic carbocycles. The highest BCUT2D eigenvalue weighted by Gasteiger charge is 2.24. The van der Waals surface area contributed by atoms with Crippen LogP contribution in [-0.2, 0) is 4.79 Å². The van der Waals surface area contributed by atoms with Crippen molar-refractivity contribution in [1.82, 2.24) is 4.90 Å². The summed E-state index contributed by atoms with van der Waals surface area (Å²) in [5, 5.41) is 0. The van der Waals surface area contributed by atoms with E-state index in [2.05, 4.69) is 4.90 Å². The predicted octanol–water partition coefficient (Wildman–Crippen LogP) is 1.79. The van der Waals surface area contributed by atoms with Crippen LogP contribution in [0, 0.1) is 5.92 Å². The van der Waals surface area contributed by atoms with Gasteiger partial charge in [0, 0.05) is 30.5 Å². The molecule has 3 heteroatoms. The number of nitrogens with zero attached hydrogens (tertiary/aromatic N) is 1. The lowest BCUT2D eigenvalue weighted by atomic mass is 10.0. The molecule has 0 bridgehead atoms. The molecule has 0 unspecified atom stereocenters. The normalized spacial score (nSPS) is 25.4. The Morgan fingerprint density at radius 3 is 2.50 bits per heavy atom. The van der Waals surface area contributed by atoms with Crippen LogP contribution in [0.3, 0.4) is 0 Å². The highest BCUT2D eigenvalue weighted by Crippen LogP contribution is 2.25. The molecule has 1 aliphatic heterocycles. The van der Waals surface area contributed by atoms with Gasteiger partial charge in [0.1, 0.15) is 5.78 Å². The van der Waals surface area contributed by atoms with Crippen molar-refractivity contribution in [3.8, 4) is 0 Å². The molecule has 0 atom stereocenters. The molecule has 1 heterocycles. The molecular formula is C11H19NOS. The SMILES string of the molecule is O=C(CN1CCSCC1)C1CCCC1. The Morgan fingerprint density at radius 1 is 1.21 bits per heavy atom. The summed E-state index contributed by atoms with van der Waals surface area (Å²) in [5.74, 6) is 3.33. The fourth-order valence-electron chi connectivity index (χ4n) is 2.36. The Balaban J connectivity index is 1.75. The zero-order valence-electron chi connectivity index (χ0n) is 8.71. The van der Waals surface area contributed by atoms with E-state index in [0.717, 1.165) is 32.5 Å². The quantitative estimate of drug-likeness (QED) is 0.713. The molecular weight excluding hydrogens is 194 g/mol. The summed E-state index contributed by atoms with van der Waals surface area (Å²) in [5.41, 5.74) is 0. The number of hydrogen-bond donors (Lipinski definition) is 0. The monoisotopic (exact) mass is 213 g/mol. The van der Waals surface area contributed by atoms with Crippen LogP contribution in [0.5, 0.6) is 0 Å². The van der Waals surface area contributed by atoms with Crippen molar-refractivity contribution in [3.63, 3.8) is 0 Å². The van der Waals surface area contributed by atoms with Crippen LogP contribution in [-0.4, -0.2) is 41.8 Å². The van der Waals surface area contributed by atoms with Crippen molar-refractivity contribution in [2.45, 2.75) is 25.7 Å². The molecule has 2 fully saturated rings. The summed E-state index contributed by atoms with van der Waals surface area (Å²) in [7, 11) is 0. The summed E-state index contributed by atoms with van der Waals surface area (Å²) in [6, 6.07) is 0. The van der Waals surface area contributed by atoms with E-state index in [1.54, 1.807) is 0 Å². The first-order valence-corrected chi connectivity index (χ1v) is 6.84. The zero-order valence-corrected chi connectivity index (χ0v) is 9.52. The number of rotatable bonds is 3. The largest absolute Gasteiger partial charge is 0.298 e. The first-order chi connectivity index (χ1) is 6.86. The van der Waals surface area contributed by atoms with E-state index in [-0.39, 0.29) is 0 Å². The van der Waals surface area contributed by atoms with E-state index in [1.807, 2.05) is 11.8 Å². The molecule has 2 aliphatic rings. The number of carbonyl (C=O) groups is 1. The van der Waals surface area contributed by atoms with Gasteiger partial charge in [0.15, 0.2) is 0 Å². The average Bonchev–Trinajstić information content (AvgIpc) is 2.72. The first-order valence-electron chi connectivity index (χ1n) is 5.69. The molecule has 1 saturated carbocycles. The van der Waals surface area contributed by atoms with Crippen LogP contribution in [0.25, 0.3) is 0 Å². The lowest BCUT2D eigenvalue weighted by molar-refractivity contribution is -0.123. The number of Topliss-reactive ketones (excluding diaryl/α,β-unsaturated/α-hetero) is 1. The van der Waals surface area contributed by atoms with Gasteiger partial charge in [-0.05, 0) is 12.8 Å². The number of thioether (sulfide) groups is 1. The molecule has 2 rings (SSSR count). The number of carbonyl (C=O) groups excluding carboxylic acids is 1. The van der Waals surface area contributed by atoms with Crippen molar-refractivity contribution in [1.29, 1.82) is 0 Å². The van der Waals surface area contributed by atoms with Crippen LogP contribution >= 0.6 is 11.8 Å². The Hall–Kier alpha value is -0.0200. The zero-order chi connectivity index (χ0) is 9.80. The highest BCUT2D eigenvalue weighted by molar-refractivity contribution is 7.99. The smallest absolute Gasteiger partial charge is 0.149 e. The van der Waals surface area contributed by atoms with Gasteiger partial charge in [-0.1, -0.05) is 12.8 Å². The minimum absolute atomic E-state index is 0.407. The van der Waals surface area contributed by atoms with E-state index < -0.39 is 0 Å². The van der Waals surface area contributed by atoms with Gasteiger partial charge in [-0.15, -0.1) is 0 Å². The molecule has 0 aromatic rings. The third-order valence-electron chi connectivity index (χ3n) is 3.29. The van der Waals surface area contributed by atoms with Gasteiger partial charge in [-0.2, -0.15) is 11.8 Å². The second kappa shape index (κ2) is 5.17. The Labute approximate surface area is 90.4 Å². The van der Waals surface area contributed by atoms with E-state index in [0.29, 0.717) is 11.7 Å².